The summed E-state index contributed by atoms with van der Waals surface area (Å²) in [4.78, 5) is 3.27. The zero-order chi connectivity index (χ0) is 8.72. The smallest absolute Gasteiger partial charge is 0.0840 e. The molecule has 0 saturated heterocycles. The molecule has 0 aromatic carbocycles. The molecule has 3 nitrogen and oxygen atoms in total. The van der Waals surface area contributed by atoms with E-state index in [1.807, 2.05) is 20.8 Å². The van der Waals surface area contributed by atoms with Gasteiger partial charge in [0, 0.05) is 11.1 Å². The highest BCUT2D eigenvalue weighted by Gasteiger charge is 2.04. The molecule has 0 aliphatic carbocycles. The average molecular weight is 161 g/mol. The molecule has 0 bridgehead atoms. The van der Waals surface area contributed by atoms with Gasteiger partial charge in [0.2, 0.25) is 0 Å². The fourth-order valence-corrected chi connectivity index (χ4v) is 1.41. The van der Waals surface area contributed by atoms with E-state index in [1.165, 1.54) is 5.39 Å². The van der Waals surface area contributed by atoms with Crippen LogP contribution >= 0.6 is 0 Å². The Kier molecular flexibility index (Phi) is 1.40. The number of aromatic amines is 1. The van der Waals surface area contributed by atoms with E-state index in [4.69, 9.17) is 0 Å². The lowest BCUT2D eigenvalue weighted by Crippen LogP contribution is -1.90. The third kappa shape index (κ3) is 0.897. The Hall–Kier alpha value is -1.38. The zero-order valence-corrected chi connectivity index (χ0v) is 7.47. The topological polar surface area (TPSA) is 41.6 Å². The summed E-state index contributed by atoms with van der Waals surface area (Å²) in [7, 11) is 0. The summed E-state index contributed by atoms with van der Waals surface area (Å²) < 4.78 is 0. The second-order valence-corrected chi connectivity index (χ2v) is 3.11. The van der Waals surface area contributed by atoms with Crippen LogP contribution in [0.2, 0.25) is 0 Å². The summed E-state index contributed by atoms with van der Waals surface area (Å²) in [5.74, 6) is 0. The molecule has 0 spiro atoms. The zero-order valence-electron chi connectivity index (χ0n) is 7.47. The molecule has 0 atom stereocenters. The van der Waals surface area contributed by atoms with Gasteiger partial charge in [0.15, 0.2) is 0 Å². The number of hydrogen-bond acceptors (Lipinski definition) is 2. The highest BCUT2D eigenvalue weighted by molar-refractivity contribution is 5.83. The number of aryl methyl sites for hydroxylation is 3. The molecule has 0 amide bonds. The minimum absolute atomic E-state index is 0.962. The van der Waals surface area contributed by atoms with E-state index < -0.39 is 0 Å². The number of H-pyrrole nitrogens is 1. The predicted octanol–water partition coefficient (Wildman–Crippen LogP) is 1.88. The third-order valence-corrected chi connectivity index (χ3v) is 2.05. The van der Waals surface area contributed by atoms with E-state index in [2.05, 4.69) is 21.2 Å². The molecule has 2 rings (SSSR count). The number of nitrogens with zero attached hydrogens (tertiary/aromatic N) is 2. The van der Waals surface area contributed by atoms with Crippen molar-refractivity contribution < 1.29 is 0 Å². The molecule has 0 saturated carbocycles. The minimum Gasteiger partial charge on any atom is -0.357 e. The van der Waals surface area contributed by atoms with Crippen LogP contribution < -0.4 is 0 Å². The van der Waals surface area contributed by atoms with Crippen molar-refractivity contribution >= 4 is 10.9 Å². The van der Waals surface area contributed by atoms with Crippen LogP contribution in [0.25, 0.3) is 10.9 Å². The van der Waals surface area contributed by atoms with Crippen LogP contribution in [0.15, 0.2) is 6.07 Å². The second kappa shape index (κ2) is 2.30. The van der Waals surface area contributed by atoms with Gasteiger partial charge in [0.05, 0.1) is 16.9 Å². The van der Waals surface area contributed by atoms with Crippen molar-refractivity contribution in [2.24, 2.45) is 0 Å². The Balaban J connectivity index is 2.93. The number of fused-ring (bicyclic) bond motifs is 1. The van der Waals surface area contributed by atoms with Gasteiger partial charge in [-0.3, -0.25) is 0 Å². The summed E-state index contributed by atoms with van der Waals surface area (Å²) in [6, 6.07) is 2.10. The first kappa shape index (κ1) is 7.28. The molecule has 62 valence electrons. The third-order valence-electron chi connectivity index (χ3n) is 2.05. The van der Waals surface area contributed by atoms with Crippen LogP contribution in [0, 0.1) is 20.8 Å². The minimum atomic E-state index is 0.962. The van der Waals surface area contributed by atoms with Gasteiger partial charge < -0.3 is 4.98 Å². The number of nitrogens with one attached hydrogen (secondary N) is 1. The molecule has 12 heavy (non-hydrogen) atoms. The summed E-state index contributed by atoms with van der Waals surface area (Å²) in [5.41, 5.74) is 4.22. The molecule has 0 radical (unpaired) electrons. The highest BCUT2D eigenvalue weighted by atomic mass is 15.1. The molecular weight excluding hydrogens is 150 g/mol. The van der Waals surface area contributed by atoms with Gasteiger partial charge in [0.25, 0.3) is 0 Å². The number of hydrogen-bond donors (Lipinski definition) is 1. The van der Waals surface area contributed by atoms with E-state index in [-0.39, 0.29) is 0 Å². The molecule has 1 N–H and O–H groups in total. The molecule has 2 heterocycles. The van der Waals surface area contributed by atoms with Crippen molar-refractivity contribution in [1.82, 2.24) is 15.2 Å². The molecule has 3 heteroatoms. The van der Waals surface area contributed by atoms with Crippen molar-refractivity contribution in [1.29, 1.82) is 0 Å². The monoisotopic (exact) mass is 161 g/mol. The normalized spacial score (nSPS) is 10.9. The molecule has 0 unspecified atom stereocenters. The molecule has 2 aromatic heterocycles. The van der Waals surface area contributed by atoms with E-state index >= 15 is 0 Å². The van der Waals surface area contributed by atoms with E-state index in [0.717, 1.165) is 22.6 Å². The van der Waals surface area contributed by atoms with Gasteiger partial charge in [-0.1, -0.05) is 0 Å². The van der Waals surface area contributed by atoms with Crippen LogP contribution in [0.3, 0.4) is 0 Å². The molecule has 0 aliphatic heterocycles. The summed E-state index contributed by atoms with van der Waals surface area (Å²) in [6.07, 6.45) is 0. The van der Waals surface area contributed by atoms with Crippen LogP contribution in [-0.4, -0.2) is 15.2 Å². The van der Waals surface area contributed by atoms with Gasteiger partial charge in [-0.2, -0.15) is 10.2 Å². The quantitative estimate of drug-likeness (QED) is 0.641. The van der Waals surface area contributed by atoms with Crippen molar-refractivity contribution in [3.8, 4) is 0 Å². The maximum Gasteiger partial charge on any atom is 0.0840 e. The van der Waals surface area contributed by atoms with Gasteiger partial charge >= 0.3 is 0 Å². The fraction of sp³-hybridized carbons (Fsp3) is 0.333. The van der Waals surface area contributed by atoms with Gasteiger partial charge in [-0.25, -0.2) is 0 Å². The molecule has 0 aliphatic rings. The number of aromatic nitrogens is 3. The highest BCUT2D eigenvalue weighted by Crippen LogP contribution is 2.18. The lowest BCUT2D eigenvalue weighted by Gasteiger charge is -1.95. The standard InChI is InChI=1S/C9H11N3/c1-5-4-8-6(2)11-12-7(3)9(8)10-5/h4,10H,1-3H3. The first-order chi connectivity index (χ1) is 5.68. The Bertz CT molecular complexity index is 390. The number of rotatable bonds is 0. The Morgan fingerprint density at radius 3 is 2.42 bits per heavy atom. The molecular formula is C9H11N3. The summed E-state index contributed by atoms with van der Waals surface area (Å²) in [5, 5.41) is 9.27. The van der Waals surface area contributed by atoms with E-state index in [0.29, 0.717) is 0 Å². The van der Waals surface area contributed by atoms with Crippen molar-refractivity contribution in [2.75, 3.05) is 0 Å². The first-order valence-corrected chi connectivity index (χ1v) is 3.97. The van der Waals surface area contributed by atoms with Crippen molar-refractivity contribution in [3.05, 3.63) is 23.1 Å². The fourth-order valence-electron chi connectivity index (χ4n) is 1.41. The van der Waals surface area contributed by atoms with Crippen LogP contribution in [0.1, 0.15) is 17.1 Å². The second-order valence-electron chi connectivity index (χ2n) is 3.11. The van der Waals surface area contributed by atoms with E-state index in [1.54, 1.807) is 0 Å². The van der Waals surface area contributed by atoms with E-state index in [9.17, 15) is 0 Å². The predicted molar refractivity (Wildman–Crippen MR) is 48.1 cm³/mol. The Morgan fingerprint density at radius 1 is 1.08 bits per heavy atom. The largest absolute Gasteiger partial charge is 0.357 e. The molecule has 2 aromatic rings. The van der Waals surface area contributed by atoms with Gasteiger partial charge in [0.1, 0.15) is 0 Å². The lowest BCUT2D eigenvalue weighted by molar-refractivity contribution is 0.961. The van der Waals surface area contributed by atoms with Gasteiger partial charge in [-0.15, -0.1) is 0 Å². The van der Waals surface area contributed by atoms with Crippen molar-refractivity contribution in [3.63, 3.8) is 0 Å². The average Bonchev–Trinajstić information content (AvgIpc) is 2.41. The summed E-state index contributed by atoms with van der Waals surface area (Å²) in [6.45, 7) is 5.98. The Morgan fingerprint density at radius 2 is 1.75 bits per heavy atom. The lowest BCUT2D eigenvalue weighted by atomic mass is 10.2. The van der Waals surface area contributed by atoms with Crippen molar-refractivity contribution in [2.45, 2.75) is 20.8 Å². The SMILES string of the molecule is Cc1cc2c(C)nnc(C)c2[nH]1. The van der Waals surface area contributed by atoms with Crippen LogP contribution in [0.5, 0.6) is 0 Å². The first-order valence-electron chi connectivity index (χ1n) is 3.97. The van der Waals surface area contributed by atoms with Crippen LogP contribution in [0.4, 0.5) is 0 Å². The maximum absolute atomic E-state index is 4.05. The molecule has 0 fully saturated rings. The maximum atomic E-state index is 4.05. The van der Waals surface area contributed by atoms with Gasteiger partial charge in [-0.05, 0) is 26.8 Å². The van der Waals surface area contributed by atoms with Crippen LogP contribution in [-0.2, 0) is 0 Å². The summed E-state index contributed by atoms with van der Waals surface area (Å²) >= 11 is 0. The Labute approximate surface area is 70.8 Å².